The summed E-state index contributed by atoms with van der Waals surface area (Å²) in [6, 6.07) is 18.0. The number of hydrogen-bond acceptors (Lipinski definition) is 4. The Morgan fingerprint density at radius 1 is 0.939 bits per heavy atom. The first-order chi connectivity index (χ1) is 15.8. The van der Waals surface area contributed by atoms with Gasteiger partial charge < -0.3 is 9.64 Å². The molecule has 3 aromatic carbocycles. The van der Waals surface area contributed by atoms with Gasteiger partial charge in [0.2, 0.25) is 0 Å². The zero-order chi connectivity index (χ0) is 23.4. The molecule has 8 heteroatoms. The van der Waals surface area contributed by atoms with Gasteiger partial charge in [0.25, 0.3) is 5.91 Å². The molecule has 1 aliphatic heterocycles. The summed E-state index contributed by atoms with van der Waals surface area (Å²) >= 11 is 0. The number of piperidine rings is 1. The normalized spacial score (nSPS) is 14.8. The molecule has 0 spiro atoms. The van der Waals surface area contributed by atoms with E-state index in [1.165, 1.54) is 6.07 Å². The molecule has 1 amide bonds. The van der Waals surface area contributed by atoms with Crippen molar-refractivity contribution < 1.29 is 26.7 Å². The van der Waals surface area contributed by atoms with Crippen molar-refractivity contribution in [3.8, 4) is 5.75 Å². The summed E-state index contributed by atoms with van der Waals surface area (Å²) in [5.41, 5.74) is 0.953. The second-order valence-electron chi connectivity index (χ2n) is 7.96. The Morgan fingerprint density at radius 3 is 2.36 bits per heavy atom. The molecule has 1 fully saturated rings. The fourth-order valence-electron chi connectivity index (χ4n) is 3.83. The maximum absolute atomic E-state index is 13.8. The molecule has 1 saturated heterocycles. The molecule has 0 unspecified atom stereocenters. The standard InChI is InChI=1S/C25H23F2NO4S/c26-20-9-10-24(23(27)16-20)32-21-11-13-28(14-12-21)25(29)19-6-4-5-18(15-19)17-33(30,31)22-7-2-1-3-8-22/h1-10,15-16,21H,11-14,17H2. The lowest BCUT2D eigenvalue weighted by Crippen LogP contribution is -2.41. The summed E-state index contributed by atoms with van der Waals surface area (Å²) in [6.45, 7) is 0.831. The Kier molecular flexibility index (Phi) is 6.74. The van der Waals surface area contributed by atoms with E-state index in [-0.39, 0.29) is 28.4 Å². The molecule has 4 rings (SSSR count). The van der Waals surface area contributed by atoms with Gasteiger partial charge in [-0.2, -0.15) is 0 Å². The number of likely N-dealkylation sites (tertiary alicyclic amines) is 1. The van der Waals surface area contributed by atoms with E-state index in [4.69, 9.17) is 4.74 Å². The molecule has 3 aromatic rings. The number of ether oxygens (including phenoxy) is 1. The Bertz CT molecular complexity index is 1240. The Balaban J connectivity index is 1.38. The number of rotatable bonds is 6. The molecule has 0 bridgehead atoms. The van der Waals surface area contributed by atoms with Gasteiger partial charge in [-0.15, -0.1) is 0 Å². The fourth-order valence-corrected chi connectivity index (χ4v) is 5.19. The minimum absolute atomic E-state index is 0.00602. The summed E-state index contributed by atoms with van der Waals surface area (Å²) in [4.78, 5) is 14.9. The Labute approximate surface area is 191 Å². The van der Waals surface area contributed by atoms with Crippen LogP contribution in [-0.4, -0.2) is 38.4 Å². The molecule has 33 heavy (non-hydrogen) atoms. The van der Waals surface area contributed by atoms with Crippen LogP contribution in [0.3, 0.4) is 0 Å². The lowest BCUT2D eigenvalue weighted by molar-refractivity contribution is 0.0588. The van der Waals surface area contributed by atoms with Gasteiger partial charge in [0.15, 0.2) is 21.4 Å². The van der Waals surface area contributed by atoms with Gasteiger partial charge in [-0.25, -0.2) is 17.2 Å². The third-order valence-corrected chi connectivity index (χ3v) is 7.25. The number of carbonyl (C=O) groups excluding carboxylic acids is 1. The second-order valence-corrected chi connectivity index (χ2v) is 9.95. The van der Waals surface area contributed by atoms with E-state index in [1.807, 2.05) is 0 Å². The Morgan fingerprint density at radius 2 is 1.67 bits per heavy atom. The van der Waals surface area contributed by atoms with Crippen LogP contribution in [0.1, 0.15) is 28.8 Å². The van der Waals surface area contributed by atoms with Gasteiger partial charge in [-0.1, -0.05) is 30.3 Å². The molecule has 5 nitrogen and oxygen atoms in total. The number of nitrogens with zero attached hydrogens (tertiary/aromatic N) is 1. The topological polar surface area (TPSA) is 63.7 Å². The van der Waals surface area contributed by atoms with Crippen LogP contribution in [-0.2, 0) is 15.6 Å². The van der Waals surface area contributed by atoms with Crippen molar-refractivity contribution in [2.75, 3.05) is 13.1 Å². The molecule has 1 aliphatic rings. The van der Waals surface area contributed by atoms with Crippen molar-refractivity contribution in [1.82, 2.24) is 4.90 Å². The summed E-state index contributed by atoms with van der Waals surface area (Å²) in [5, 5.41) is 0. The number of halogens is 2. The maximum atomic E-state index is 13.8. The zero-order valence-electron chi connectivity index (χ0n) is 17.8. The van der Waals surface area contributed by atoms with Crippen LogP contribution in [0.4, 0.5) is 8.78 Å². The van der Waals surface area contributed by atoms with Gasteiger partial charge in [0.1, 0.15) is 11.9 Å². The van der Waals surface area contributed by atoms with E-state index in [0.717, 1.165) is 12.1 Å². The average Bonchev–Trinajstić information content (AvgIpc) is 2.81. The van der Waals surface area contributed by atoms with Crippen LogP contribution < -0.4 is 4.74 Å². The van der Waals surface area contributed by atoms with Crippen LogP contribution in [0.25, 0.3) is 0 Å². The van der Waals surface area contributed by atoms with Crippen molar-refractivity contribution in [3.05, 3.63) is 95.6 Å². The minimum Gasteiger partial charge on any atom is -0.487 e. The quantitative estimate of drug-likeness (QED) is 0.526. The van der Waals surface area contributed by atoms with Gasteiger partial charge in [-0.05, 0) is 42.0 Å². The maximum Gasteiger partial charge on any atom is 0.253 e. The number of carbonyl (C=O) groups is 1. The lowest BCUT2D eigenvalue weighted by Gasteiger charge is -2.32. The van der Waals surface area contributed by atoms with Crippen LogP contribution in [0.5, 0.6) is 5.75 Å². The highest BCUT2D eigenvalue weighted by Crippen LogP contribution is 2.24. The summed E-state index contributed by atoms with van der Waals surface area (Å²) < 4.78 is 57.8. The van der Waals surface area contributed by atoms with Crippen molar-refractivity contribution in [2.24, 2.45) is 0 Å². The van der Waals surface area contributed by atoms with Crippen LogP contribution in [0.2, 0.25) is 0 Å². The summed E-state index contributed by atoms with van der Waals surface area (Å²) in [6.07, 6.45) is 0.728. The van der Waals surface area contributed by atoms with E-state index < -0.39 is 21.5 Å². The first-order valence-corrected chi connectivity index (χ1v) is 12.2. The van der Waals surface area contributed by atoms with E-state index in [2.05, 4.69) is 0 Å². The third kappa shape index (κ3) is 5.57. The molecule has 0 aliphatic carbocycles. The molecule has 0 atom stereocenters. The molecule has 0 aromatic heterocycles. The van der Waals surface area contributed by atoms with Gasteiger partial charge >= 0.3 is 0 Å². The van der Waals surface area contributed by atoms with Crippen molar-refractivity contribution >= 4 is 15.7 Å². The molecule has 1 heterocycles. The first-order valence-electron chi connectivity index (χ1n) is 10.6. The summed E-state index contributed by atoms with van der Waals surface area (Å²) in [7, 11) is -3.52. The van der Waals surface area contributed by atoms with Crippen LogP contribution in [0.15, 0.2) is 77.7 Å². The van der Waals surface area contributed by atoms with E-state index in [9.17, 15) is 22.0 Å². The minimum atomic E-state index is -3.52. The molecule has 172 valence electrons. The molecule has 0 saturated carbocycles. The van der Waals surface area contributed by atoms with Crippen LogP contribution >= 0.6 is 0 Å². The number of sulfone groups is 1. The van der Waals surface area contributed by atoms with Crippen molar-refractivity contribution in [2.45, 2.75) is 29.6 Å². The second kappa shape index (κ2) is 9.70. The zero-order valence-corrected chi connectivity index (χ0v) is 18.6. The third-order valence-electron chi connectivity index (χ3n) is 5.55. The number of benzene rings is 3. The van der Waals surface area contributed by atoms with Gasteiger partial charge in [0, 0.05) is 37.6 Å². The highest BCUT2D eigenvalue weighted by molar-refractivity contribution is 7.90. The lowest BCUT2D eigenvalue weighted by atomic mass is 10.1. The van der Waals surface area contributed by atoms with Crippen LogP contribution in [0, 0.1) is 11.6 Å². The van der Waals surface area contributed by atoms with E-state index in [1.54, 1.807) is 59.5 Å². The first kappa shape index (κ1) is 22.9. The highest BCUT2D eigenvalue weighted by Gasteiger charge is 2.26. The Hall–Kier alpha value is -3.26. The summed E-state index contributed by atoms with van der Waals surface area (Å²) in [5.74, 6) is -1.82. The predicted molar refractivity (Wildman–Crippen MR) is 120 cm³/mol. The predicted octanol–water partition coefficient (Wildman–Crippen LogP) is 4.62. The molecule has 0 N–H and O–H groups in total. The smallest absolute Gasteiger partial charge is 0.253 e. The van der Waals surface area contributed by atoms with E-state index in [0.29, 0.717) is 37.1 Å². The highest BCUT2D eigenvalue weighted by atomic mass is 32.2. The SMILES string of the molecule is O=C(c1cccc(CS(=O)(=O)c2ccccc2)c1)N1CCC(Oc2ccc(F)cc2F)CC1. The number of hydrogen-bond donors (Lipinski definition) is 0. The largest absolute Gasteiger partial charge is 0.487 e. The monoisotopic (exact) mass is 471 g/mol. The van der Waals surface area contributed by atoms with E-state index >= 15 is 0 Å². The van der Waals surface area contributed by atoms with Crippen molar-refractivity contribution in [3.63, 3.8) is 0 Å². The van der Waals surface area contributed by atoms with Crippen molar-refractivity contribution in [1.29, 1.82) is 0 Å². The molecule has 0 radical (unpaired) electrons. The molecular weight excluding hydrogens is 448 g/mol. The fraction of sp³-hybridized carbons (Fsp3) is 0.240. The van der Waals surface area contributed by atoms with Gasteiger partial charge in [0.05, 0.1) is 10.6 Å². The molecular formula is C25H23F2NO4S. The average molecular weight is 472 g/mol. The van der Waals surface area contributed by atoms with Gasteiger partial charge in [-0.3, -0.25) is 4.79 Å². The number of amides is 1.